The summed E-state index contributed by atoms with van der Waals surface area (Å²) < 4.78 is 17.1. The van der Waals surface area contributed by atoms with Crippen LogP contribution in [0.15, 0.2) is 0 Å². The second-order valence-electron chi connectivity index (χ2n) is 4.47. The molecule has 0 saturated carbocycles. The average Bonchev–Trinajstić information content (AvgIpc) is 2.87. The fourth-order valence-corrected chi connectivity index (χ4v) is 3.04. The molecular formula is C9H15N4O7P. The van der Waals surface area contributed by atoms with Crippen LogP contribution in [-0.4, -0.2) is 65.6 Å². The normalized spacial score (nSPS) is 29.8. The summed E-state index contributed by atoms with van der Waals surface area (Å²) in [5.74, 6) is -0.561. The summed E-state index contributed by atoms with van der Waals surface area (Å²) in [4.78, 5) is 22.3. The van der Waals surface area contributed by atoms with E-state index in [9.17, 15) is 24.6 Å². The van der Waals surface area contributed by atoms with Gasteiger partial charge in [0.1, 0.15) is 30.1 Å². The van der Waals surface area contributed by atoms with Gasteiger partial charge in [-0.25, -0.2) is 13.9 Å². The molecule has 2 rings (SSSR count). The molecule has 12 heteroatoms. The Bertz CT molecular complexity index is 599. The van der Waals surface area contributed by atoms with Gasteiger partial charge < -0.3 is 41.0 Å². The minimum absolute atomic E-state index is 0.217. The number of rotatable bonds is 4. The van der Waals surface area contributed by atoms with E-state index < -0.39 is 44.7 Å². The minimum Gasteiger partial charge on any atom is -0.394 e. The number of nitrogen functional groups attached to an aromatic ring is 1. The zero-order valence-corrected chi connectivity index (χ0v) is 11.5. The van der Waals surface area contributed by atoms with Crippen molar-refractivity contribution in [1.82, 2.24) is 9.32 Å². The van der Waals surface area contributed by atoms with Gasteiger partial charge in [0, 0.05) is 6.21 Å². The van der Waals surface area contributed by atoms with Crippen LogP contribution in [0.1, 0.15) is 17.5 Å². The van der Waals surface area contributed by atoms with Crippen LogP contribution in [0.3, 0.4) is 0 Å². The standard InChI is InChI=1S/C9H15N4O7P/c10-1-3-5(13(9(11)12-3)21(17,18)19)8-7(16)6(15)4(2-14)20-8/h1,4,6-8,10,14-16H,2H2,(H2,11,12)(H2,17,18,19)/t4-,6-,7-,8?/m1/s1. The third kappa shape index (κ3) is 2.60. The molecule has 4 atom stereocenters. The van der Waals surface area contributed by atoms with Crippen molar-refractivity contribution >= 4 is 19.9 Å². The largest absolute Gasteiger partial charge is 0.436 e. The third-order valence-corrected chi connectivity index (χ3v) is 4.09. The van der Waals surface area contributed by atoms with Crippen molar-refractivity contribution in [2.75, 3.05) is 12.3 Å². The maximum atomic E-state index is 11.5. The summed E-state index contributed by atoms with van der Waals surface area (Å²) >= 11 is 0. The maximum absolute atomic E-state index is 11.5. The van der Waals surface area contributed by atoms with Gasteiger partial charge in [-0.1, -0.05) is 0 Å². The highest BCUT2D eigenvalue weighted by Crippen LogP contribution is 2.46. The molecule has 1 aliphatic rings. The van der Waals surface area contributed by atoms with Crippen molar-refractivity contribution in [2.45, 2.75) is 24.4 Å². The lowest BCUT2D eigenvalue weighted by Gasteiger charge is -2.18. The highest BCUT2D eigenvalue weighted by atomic mass is 31.2. The minimum atomic E-state index is -4.92. The zero-order valence-electron chi connectivity index (χ0n) is 10.6. The number of hydrogen-bond acceptors (Lipinski definition) is 8. The monoisotopic (exact) mass is 322 g/mol. The number of hydrogen-bond donors (Lipinski definition) is 7. The van der Waals surface area contributed by atoms with E-state index in [0.717, 1.165) is 0 Å². The number of aliphatic hydroxyl groups is 3. The molecule has 1 unspecified atom stereocenters. The molecule has 0 amide bonds. The molecule has 0 spiro atoms. The number of nitrogens with one attached hydrogen (secondary N) is 1. The SMILES string of the molecule is N=Cc1nc(N)n(P(=O)(O)O)c1C1O[C@H](CO)[C@@H](O)[C@H]1O. The van der Waals surface area contributed by atoms with E-state index in [0.29, 0.717) is 10.6 Å². The molecule has 1 saturated heterocycles. The third-order valence-electron chi connectivity index (χ3n) is 3.15. The molecule has 118 valence electrons. The number of ether oxygens (including phenoxy) is 1. The highest BCUT2D eigenvalue weighted by Gasteiger charge is 2.47. The fraction of sp³-hybridized carbons (Fsp3) is 0.556. The van der Waals surface area contributed by atoms with Gasteiger partial charge in [0.15, 0.2) is 0 Å². The molecule has 8 N–H and O–H groups in total. The van der Waals surface area contributed by atoms with E-state index in [4.69, 9.17) is 21.0 Å². The van der Waals surface area contributed by atoms with E-state index in [1.54, 1.807) is 0 Å². The lowest BCUT2D eigenvalue weighted by molar-refractivity contribution is -0.0243. The van der Waals surface area contributed by atoms with Gasteiger partial charge in [-0.3, -0.25) is 0 Å². The van der Waals surface area contributed by atoms with Crippen molar-refractivity contribution in [3.63, 3.8) is 0 Å². The first-order valence-electron chi connectivity index (χ1n) is 5.79. The number of aliphatic hydroxyl groups excluding tert-OH is 3. The number of nitrogens with two attached hydrogens (primary N) is 1. The van der Waals surface area contributed by atoms with Crippen LogP contribution >= 0.6 is 7.75 Å². The van der Waals surface area contributed by atoms with Gasteiger partial charge in [0.05, 0.1) is 12.3 Å². The number of anilines is 1. The van der Waals surface area contributed by atoms with Crippen LogP contribution < -0.4 is 5.73 Å². The molecule has 0 radical (unpaired) electrons. The van der Waals surface area contributed by atoms with E-state index in [1.807, 2.05) is 0 Å². The van der Waals surface area contributed by atoms with E-state index in [-0.39, 0.29) is 11.4 Å². The second kappa shape index (κ2) is 5.46. The van der Waals surface area contributed by atoms with Crippen LogP contribution in [0.25, 0.3) is 0 Å². The van der Waals surface area contributed by atoms with Gasteiger partial charge in [-0.15, -0.1) is 0 Å². The molecule has 0 bridgehead atoms. The summed E-state index contributed by atoms with van der Waals surface area (Å²) in [6.07, 6.45) is -4.87. The lowest BCUT2D eigenvalue weighted by Crippen LogP contribution is -2.32. The first-order valence-corrected chi connectivity index (χ1v) is 7.36. The predicted octanol–water partition coefficient (Wildman–Crippen LogP) is -2.44. The molecule has 1 fully saturated rings. The van der Waals surface area contributed by atoms with E-state index in [1.165, 1.54) is 0 Å². The van der Waals surface area contributed by atoms with Crippen molar-refractivity contribution in [3.8, 4) is 0 Å². The molecule has 1 aliphatic heterocycles. The second-order valence-corrected chi connectivity index (χ2v) is 5.90. The molecular weight excluding hydrogens is 307 g/mol. The number of nitrogens with zero attached hydrogens (tertiary/aromatic N) is 2. The van der Waals surface area contributed by atoms with Crippen LogP contribution in [0.4, 0.5) is 5.95 Å². The molecule has 21 heavy (non-hydrogen) atoms. The quantitative estimate of drug-likeness (QED) is 0.232. The van der Waals surface area contributed by atoms with Crippen LogP contribution in [0, 0.1) is 5.41 Å². The van der Waals surface area contributed by atoms with Gasteiger partial charge in [-0.05, 0) is 0 Å². The zero-order chi connectivity index (χ0) is 15.9. The van der Waals surface area contributed by atoms with Crippen molar-refractivity contribution < 1.29 is 34.4 Å². The molecule has 1 aromatic heterocycles. The first-order chi connectivity index (χ1) is 9.72. The summed E-state index contributed by atoms with van der Waals surface area (Å²) in [5, 5.41) is 35.9. The summed E-state index contributed by atoms with van der Waals surface area (Å²) in [7, 11) is -4.92. The Morgan fingerprint density at radius 2 is 2.05 bits per heavy atom. The Labute approximate surface area is 118 Å². The molecule has 2 heterocycles. The molecule has 11 nitrogen and oxygen atoms in total. The Morgan fingerprint density at radius 1 is 1.43 bits per heavy atom. The number of aromatic nitrogens is 2. The predicted molar refractivity (Wildman–Crippen MR) is 68.7 cm³/mol. The van der Waals surface area contributed by atoms with Crippen molar-refractivity contribution in [1.29, 1.82) is 5.41 Å². The average molecular weight is 322 g/mol. The van der Waals surface area contributed by atoms with E-state index in [2.05, 4.69) is 4.98 Å². The van der Waals surface area contributed by atoms with Crippen molar-refractivity contribution in [2.24, 2.45) is 0 Å². The molecule has 1 aromatic rings. The van der Waals surface area contributed by atoms with Gasteiger partial charge >= 0.3 is 7.75 Å². The van der Waals surface area contributed by atoms with E-state index >= 15 is 0 Å². The van der Waals surface area contributed by atoms with Crippen molar-refractivity contribution in [3.05, 3.63) is 11.4 Å². The first kappa shape index (κ1) is 16.0. The van der Waals surface area contributed by atoms with Crippen LogP contribution in [-0.2, 0) is 9.30 Å². The molecule has 0 aromatic carbocycles. The lowest BCUT2D eigenvalue weighted by atomic mass is 10.1. The summed E-state index contributed by atoms with van der Waals surface area (Å²) in [5.41, 5.74) is 4.87. The highest BCUT2D eigenvalue weighted by molar-refractivity contribution is 7.50. The van der Waals surface area contributed by atoms with Crippen LogP contribution in [0.5, 0.6) is 0 Å². The maximum Gasteiger partial charge on any atom is 0.436 e. The van der Waals surface area contributed by atoms with Gasteiger partial charge in [0.2, 0.25) is 5.95 Å². The van der Waals surface area contributed by atoms with Gasteiger partial charge in [-0.2, -0.15) is 0 Å². The Kier molecular flexibility index (Phi) is 4.17. The smallest absolute Gasteiger partial charge is 0.394 e. The fourth-order valence-electron chi connectivity index (χ4n) is 2.23. The topological polar surface area (TPSA) is 195 Å². The Hall–Kier alpha value is -1.33. The number of imidazole rings is 1. The van der Waals surface area contributed by atoms with Gasteiger partial charge in [0.25, 0.3) is 0 Å². The Balaban J connectivity index is 2.58. The molecule has 0 aliphatic carbocycles. The summed E-state index contributed by atoms with van der Waals surface area (Å²) in [6, 6.07) is 0. The summed E-state index contributed by atoms with van der Waals surface area (Å²) in [6.45, 7) is -0.603. The Morgan fingerprint density at radius 3 is 2.48 bits per heavy atom. The van der Waals surface area contributed by atoms with Crippen LogP contribution in [0.2, 0.25) is 0 Å².